The fourth-order valence-electron chi connectivity index (χ4n) is 1.97. The highest BCUT2D eigenvalue weighted by molar-refractivity contribution is 5.76. The minimum atomic E-state index is -0.978. The van der Waals surface area contributed by atoms with Gasteiger partial charge in [-0.1, -0.05) is 31.6 Å². The fraction of sp³-hybridized carbons (Fsp3) is 0.400. The topological polar surface area (TPSA) is 89.7 Å². The molecule has 0 aromatic heterocycles. The van der Waals surface area contributed by atoms with Gasteiger partial charge in [-0.05, 0) is 25.0 Å². The van der Waals surface area contributed by atoms with Gasteiger partial charge < -0.3 is 9.84 Å². The lowest BCUT2D eigenvalue weighted by Crippen LogP contribution is -2.12. The summed E-state index contributed by atoms with van der Waals surface area (Å²) < 4.78 is 5.32. The van der Waals surface area contributed by atoms with E-state index in [0.29, 0.717) is 18.4 Å². The van der Waals surface area contributed by atoms with Gasteiger partial charge in [0.05, 0.1) is 10.8 Å². The van der Waals surface area contributed by atoms with Crippen LogP contribution in [0.25, 0.3) is 0 Å². The van der Waals surface area contributed by atoms with Crippen LogP contribution in [0.5, 0.6) is 5.75 Å². The SMILES string of the molecule is C/C=C/COc1ccc(C(CCC)C(=O)O)cc1[N+](=O)[O-]. The maximum absolute atomic E-state index is 11.3. The van der Waals surface area contributed by atoms with Gasteiger partial charge in [0.15, 0.2) is 5.75 Å². The molecule has 1 rings (SSSR count). The average Bonchev–Trinajstić information content (AvgIpc) is 2.45. The summed E-state index contributed by atoms with van der Waals surface area (Å²) in [7, 11) is 0. The quantitative estimate of drug-likeness (QED) is 0.450. The van der Waals surface area contributed by atoms with Gasteiger partial charge in [0.2, 0.25) is 0 Å². The molecule has 114 valence electrons. The third-order valence-corrected chi connectivity index (χ3v) is 3.03. The number of allylic oxidation sites excluding steroid dienone is 1. The van der Waals surface area contributed by atoms with Crippen molar-refractivity contribution < 1.29 is 19.6 Å². The normalized spacial score (nSPS) is 12.3. The molecule has 0 bridgehead atoms. The number of hydrogen-bond acceptors (Lipinski definition) is 4. The van der Waals surface area contributed by atoms with Crippen LogP contribution >= 0.6 is 0 Å². The molecule has 1 atom stereocenters. The molecule has 0 radical (unpaired) electrons. The average molecular weight is 293 g/mol. The van der Waals surface area contributed by atoms with Gasteiger partial charge in [-0.3, -0.25) is 14.9 Å². The molecule has 0 amide bonds. The van der Waals surface area contributed by atoms with Crippen molar-refractivity contribution in [2.75, 3.05) is 6.61 Å². The molecule has 21 heavy (non-hydrogen) atoms. The van der Waals surface area contributed by atoms with Crippen LogP contribution in [0.15, 0.2) is 30.4 Å². The van der Waals surface area contributed by atoms with Crippen molar-refractivity contribution in [3.05, 3.63) is 46.0 Å². The summed E-state index contributed by atoms with van der Waals surface area (Å²) in [5.41, 5.74) is 0.216. The summed E-state index contributed by atoms with van der Waals surface area (Å²) in [5.74, 6) is -1.57. The monoisotopic (exact) mass is 293 g/mol. The molecule has 0 saturated carbocycles. The van der Waals surface area contributed by atoms with Crippen molar-refractivity contribution in [2.45, 2.75) is 32.6 Å². The Hall–Kier alpha value is -2.37. The van der Waals surface area contributed by atoms with Crippen LogP contribution in [0.4, 0.5) is 5.69 Å². The van der Waals surface area contributed by atoms with Crippen molar-refractivity contribution >= 4 is 11.7 Å². The van der Waals surface area contributed by atoms with Crippen LogP contribution in [0.2, 0.25) is 0 Å². The Morgan fingerprint density at radius 3 is 2.76 bits per heavy atom. The summed E-state index contributed by atoms with van der Waals surface area (Å²) in [6, 6.07) is 4.33. The number of rotatable bonds is 8. The Balaban J connectivity index is 3.12. The second-order valence-electron chi connectivity index (χ2n) is 4.54. The number of carbonyl (C=O) groups is 1. The van der Waals surface area contributed by atoms with Gasteiger partial charge in [0, 0.05) is 6.07 Å². The molecule has 6 heteroatoms. The molecule has 0 fully saturated rings. The van der Waals surface area contributed by atoms with E-state index in [4.69, 9.17) is 4.74 Å². The fourth-order valence-corrected chi connectivity index (χ4v) is 1.97. The second kappa shape index (κ2) is 8.04. The molecule has 1 unspecified atom stereocenters. The molecule has 0 saturated heterocycles. The smallest absolute Gasteiger partial charge is 0.311 e. The molecular formula is C15H19NO5. The lowest BCUT2D eigenvalue weighted by atomic mass is 9.94. The first-order valence-corrected chi connectivity index (χ1v) is 6.76. The number of carboxylic acid groups (broad SMARTS) is 1. The maximum Gasteiger partial charge on any atom is 0.311 e. The molecule has 6 nitrogen and oxygen atoms in total. The minimum Gasteiger partial charge on any atom is -0.483 e. The van der Waals surface area contributed by atoms with Crippen LogP contribution in [-0.2, 0) is 4.79 Å². The van der Waals surface area contributed by atoms with Crippen molar-refractivity contribution in [3.8, 4) is 5.75 Å². The zero-order valence-corrected chi connectivity index (χ0v) is 12.1. The van der Waals surface area contributed by atoms with Crippen LogP contribution in [0, 0.1) is 10.1 Å². The van der Waals surface area contributed by atoms with E-state index in [9.17, 15) is 20.0 Å². The number of nitrogens with zero attached hydrogens (tertiary/aromatic N) is 1. The van der Waals surface area contributed by atoms with Crippen molar-refractivity contribution in [2.24, 2.45) is 0 Å². The Labute approximate surface area is 123 Å². The number of ether oxygens (including phenoxy) is 1. The Morgan fingerprint density at radius 2 is 2.24 bits per heavy atom. The van der Waals surface area contributed by atoms with Gasteiger partial charge in [0.25, 0.3) is 0 Å². The lowest BCUT2D eigenvalue weighted by Gasteiger charge is -2.12. The molecule has 0 aliphatic rings. The van der Waals surface area contributed by atoms with Crippen LogP contribution in [0.3, 0.4) is 0 Å². The number of nitro benzene ring substituents is 1. The van der Waals surface area contributed by atoms with Gasteiger partial charge in [-0.2, -0.15) is 0 Å². The van der Waals surface area contributed by atoms with E-state index in [0.717, 1.165) is 0 Å². The highest BCUT2D eigenvalue weighted by Gasteiger charge is 2.23. The van der Waals surface area contributed by atoms with Gasteiger partial charge in [-0.15, -0.1) is 0 Å². The van der Waals surface area contributed by atoms with Crippen LogP contribution in [-0.4, -0.2) is 22.6 Å². The molecule has 1 aromatic carbocycles. The predicted octanol–water partition coefficient (Wildman–Crippen LogP) is 3.52. The highest BCUT2D eigenvalue weighted by Crippen LogP contribution is 2.32. The molecule has 1 aromatic rings. The lowest BCUT2D eigenvalue weighted by molar-refractivity contribution is -0.385. The molecular weight excluding hydrogens is 274 g/mol. The molecule has 0 spiro atoms. The molecule has 1 N–H and O–H groups in total. The van der Waals surface area contributed by atoms with E-state index in [-0.39, 0.29) is 18.0 Å². The Morgan fingerprint density at radius 1 is 1.52 bits per heavy atom. The van der Waals surface area contributed by atoms with Crippen molar-refractivity contribution in [1.82, 2.24) is 0 Å². The van der Waals surface area contributed by atoms with E-state index < -0.39 is 16.8 Å². The number of nitro groups is 1. The third-order valence-electron chi connectivity index (χ3n) is 3.03. The van der Waals surface area contributed by atoms with E-state index in [2.05, 4.69) is 0 Å². The van der Waals surface area contributed by atoms with Gasteiger partial charge >= 0.3 is 11.7 Å². The zero-order chi connectivity index (χ0) is 15.8. The largest absolute Gasteiger partial charge is 0.483 e. The molecule has 0 heterocycles. The maximum atomic E-state index is 11.3. The van der Waals surface area contributed by atoms with Crippen molar-refractivity contribution in [3.63, 3.8) is 0 Å². The zero-order valence-electron chi connectivity index (χ0n) is 12.1. The van der Waals surface area contributed by atoms with E-state index >= 15 is 0 Å². The van der Waals surface area contributed by atoms with Crippen LogP contribution < -0.4 is 4.74 Å². The Bertz CT molecular complexity index is 539. The van der Waals surface area contributed by atoms with Crippen LogP contribution in [0.1, 0.15) is 38.2 Å². The number of benzene rings is 1. The van der Waals surface area contributed by atoms with E-state index in [1.54, 1.807) is 18.2 Å². The first-order valence-electron chi connectivity index (χ1n) is 6.76. The predicted molar refractivity (Wildman–Crippen MR) is 78.7 cm³/mol. The molecule has 0 aliphatic carbocycles. The minimum absolute atomic E-state index is 0.141. The van der Waals surface area contributed by atoms with E-state index in [1.807, 2.05) is 13.8 Å². The summed E-state index contributed by atoms with van der Waals surface area (Å²) in [4.78, 5) is 21.8. The van der Waals surface area contributed by atoms with Gasteiger partial charge in [0.1, 0.15) is 6.61 Å². The Kier molecular flexibility index (Phi) is 6.39. The molecule has 0 aliphatic heterocycles. The number of aliphatic carboxylic acids is 1. The summed E-state index contributed by atoms with van der Waals surface area (Å²) in [6.07, 6.45) is 4.63. The standard InChI is InChI=1S/C15H19NO5/c1-3-5-9-21-14-8-7-11(10-13(14)16(19)20)12(6-4-2)15(17)18/h3,5,7-8,10,12H,4,6,9H2,1-2H3,(H,17,18)/b5-3+. The third kappa shape index (κ3) is 4.59. The van der Waals surface area contributed by atoms with Gasteiger partial charge in [-0.25, -0.2) is 0 Å². The second-order valence-corrected chi connectivity index (χ2v) is 4.54. The highest BCUT2D eigenvalue weighted by atomic mass is 16.6. The van der Waals surface area contributed by atoms with E-state index in [1.165, 1.54) is 12.1 Å². The summed E-state index contributed by atoms with van der Waals surface area (Å²) in [5, 5.41) is 20.3. The first kappa shape index (κ1) is 16.7. The summed E-state index contributed by atoms with van der Waals surface area (Å²) in [6.45, 7) is 3.93. The summed E-state index contributed by atoms with van der Waals surface area (Å²) >= 11 is 0. The number of hydrogen-bond donors (Lipinski definition) is 1. The first-order chi connectivity index (χ1) is 10.0. The van der Waals surface area contributed by atoms with Crippen molar-refractivity contribution in [1.29, 1.82) is 0 Å². The number of carboxylic acids is 1.